The first-order valence-corrected chi connectivity index (χ1v) is 15.3. The van der Waals surface area contributed by atoms with Crippen LogP contribution in [0.15, 0.2) is 54.6 Å². The van der Waals surface area contributed by atoms with Crippen LogP contribution in [-0.2, 0) is 41.5 Å². The SMILES string of the molecule is COc1ccc(C[C@H](NC(=O)C(C)CC(=O)CN2C[C@@H](C)O[C@@H](C)C2)C(=O)NC(Cc2ccccc2)C(=O)C2(C)CO2)cc1. The van der Waals surface area contributed by atoms with Gasteiger partial charge in [-0.05, 0) is 50.5 Å². The summed E-state index contributed by atoms with van der Waals surface area (Å²) < 4.78 is 16.4. The predicted molar refractivity (Wildman–Crippen MR) is 165 cm³/mol. The average Bonchev–Trinajstić information content (AvgIpc) is 3.74. The Hall–Kier alpha value is -3.60. The third kappa shape index (κ3) is 9.45. The molecule has 0 saturated carbocycles. The van der Waals surface area contributed by atoms with E-state index in [2.05, 4.69) is 15.5 Å². The zero-order valence-electron chi connectivity index (χ0n) is 26.3. The second kappa shape index (κ2) is 14.9. The molecule has 2 aliphatic heterocycles. The Morgan fingerprint density at radius 2 is 1.48 bits per heavy atom. The van der Waals surface area contributed by atoms with E-state index in [1.165, 1.54) is 0 Å². The minimum Gasteiger partial charge on any atom is -0.497 e. The summed E-state index contributed by atoms with van der Waals surface area (Å²) in [5.74, 6) is -1.13. The highest BCUT2D eigenvalue weighted by molar-refractivity contribution is 5.98. The Bertz CT molecular complexity index is 1290. The van der Waals surface area contributed by atoms with Gasteiger partial charge in [0.25, 0.3) is 0 Å². The van der Waals surface area contributed by atoms with Crippen molar-refractivity contribution in [2.75, 3.05) is 33.4 Å². The summed E-state index contributed by atoms with van der Waals surface area (Å²) in [7, 11) is 1.57. The largest absolute Gasteiger partial charge is 0.497 e. The molecule has 0 aromatic heterocycles. The third-order valence-electron chi connectivity index (χ3n) is 8.12. The van der Waals surface area contributed by atoms with E-state index in [9.17, 15) is 19.2 Å². The van der Waals surface area contributed by atoms with Crippen molar-refractivity contribution in [2.45, 2.75) is 76.9 Å². The Balaban J connectivity index is 1.45. The Kier molecular flexibility index (Phi) is 11.3. The average molecular weight is 608 g/mol. The van der Waals surface area contributed by atoms with Crippen LogP contribution in [-0.4, -0.2) is 91.5 Å². The number of morpholine rings is 1. The van der Waals surface area contributed by atoms with E-state index in [-0.39, 0.29) is 49.6 Å². The predicted octanol–water partition coefficient (Wildman–Crippen LogP) is 2.51. The van der Waals surface area contributed by atoms with Crippen LogP contribution < -0.4 is 15.4 Å². The summed E-state index contributed by atoms with van der Waals surface area (Å²) in [5.41, 5.74) is 0.753. The lowest BCUT2D eigenvalue weighted by molar-refractivity contribution is -0.135. The number of nitrogens with one attached hydrogen (secondary N) is 2. The summed E-state index contributed by atoms with van der Waals surface area (Å²) in [6.45, 7) is 9.23. The molecular weight excluding hydrogens is 562 g/mol. The molecule has 10 heteroatoms. The molecule has 0 aliphatic carbocycles. The summed E-state index contributed by atoms with van der Waals surface area (Å²) in [6.07, 6.45) is 0.601. The molecule has 2 aromatic carbocycles. The second-order valence-corrected chi connectivity index (χ2v) is 12.3. The van der Waals surface area contributed by atoms with Gasteiger partial charge in [0.2, 0.25) is 11.8 Å². The zero-order chi connectivity index (χ0) is 31.9. The van der Waals surface area contributed by atoms with Crippen molar-refractivity contribution in [1.82, 2.24) is 15.5 Å². The normalized spacial score (nSPS) is 23.6. The van der Waals surface area contributed by atoms with E-state index >= 15 is 0 Å². The molecule has 2 N–H and O–H groups in total. The lowest BCUT2D eigenvalue weighted by Crippen LogP contribution is -2.55. The van der Waals surface area contributed by atoms with Gasteiger partial charge < -0.3 is 24.8 Å². The number of methoxy groups -OCH3 is 1. The molecule has 6 atom stereocenters. The second-order valence-electron chi connectivity index (χ2n) is 12.3. The molecule has 2 amide bonds. The highest BCUT2D eigenvalue weighted by atomic mass is 16.6. The topological polar surface area (TPSA) is 127 Å². The van der Waals surface area contributed by atoms with E-state index in [1.807, 2.05) is 56.3 Å². The smallest absolute Gasteiger partial charge is 0.243 e. The number of nitrogens with zero attached hydrogens (tertiary/aromatic N) is 1. The van der Waals surface area contributed by atoms with E-state index in [4.69, 9.17) is 14.2 Å². The molecule has 0 spiro atoms. The monoisotopic (exact) mass is 607 g/mol. The van der Waals surface area contributed by atoms with Gasteiger partial charge in [0.15, 0.2) is 5.78 Å². The number of carbonyl (C=O) groups excluding carboxylic acids is 4. The third-order valence-corrected chi connectivity index (χ3v) is 8.12. The fraction of sp³-hybridized carbons (Fsp3) is 0.529. The van der Waals surface area contributed by atoms with Gasteiger partial charge in [0.05, 0.1) is 38.5 Å². The van der Waals surface area contributed by atoms with E-state index in [0.717, 1.165) is 11.1 Å². The summed E-state index contributed by atoms with van der Waals surface area (Å²) >= 11 is 0. The highest BCUT2D eigenvalue weighted by Crippen LogP contribution is 2.29. The van der Waals surface area contributed by atoms with E-state index in [0.29, 0.717) is 25.4 Å². The highest BCUT2D eigenvalue weighted by Gasteiger charge is 2.50. The fourth-order valence-electron chi connectivity index (χ4n) is 5.63. The van der Waals surface area contributed by atoms with Gasteiger partial charge in [-0.2, -0.15) is 0 Å². The lowest BCUT2D eigenvalue weighted by atomic mass is 9.94. The van der Waals surface area contributed by atoms with Crippen molar-refractivity contribution >= 4 is 23.4 Å². The summed E-state index contributed by atoms with van der Waals surface area (Å²) in [6, 6.07) is 14.8. The van der Waals surface area contributed by atoms with Gasteiger partial charge in [-0.25, -0.2) is 0 Å². The molecule has 238 valence electrons. The standard InChI is InChI=1S/C34H45N3O7/c1-22(15-27(38)20-37-18-23(2)44-24(3)19-37)32(40)36-30(17-26-11-13-28(42-5)14-12-26)33(41)35-29(31(39)34(4)21-43-34)16-25-9-7-6-8-10-25/h6-14,22-24,29-30H,15-21H2,1-5H3,(H,35,41)(H,36,40)/t22?,23-,24+,29?,30-,34?/m0/s1. The van der Waals surface area contributed by atoms with Crippen molar-refractivity contribution < 1.29 is 33.4 Å². The molecule has 3 unspecified atom stereocenters. The molecule has 0 bridgehead atoms. The molecule has 2 heterocycles. The molecule has 4 rings (SSSR count). The maximum Gasteiger partial charge on any atom is 0.243 e. The molecule has 2 aliphatic rings. The molecular formula is C34H45N3O7. The quantitative estimate of drug-likeness (QED) is 0.296. The number of hydrogen-bond acceptors (Lipinski definition) is 8. The fourth-order valence-corrected chi connectivity index (χ4v) is 5.63. The van der Waals surface area contributed by atoms with Gasteiger partial charge in [-0.1, -0.05) is 49.4 Å². The van der Waals surface area contributed by atoms with Crippen LogP contribution >= 0.6 is 0 Å². The number of ether oxygens (including phenoxy) is 3. The zero-order valence-corrected chi connectivity index (χ0v) is 26.3. The van der Waals surface area contributed by atoms with Gasteiger partial charge in [0.1, 0.15) is 23.2 Å². The van der Waals surface area contributed by atoms with Crippen LogP contribution in [0.2, 0.25) is 0 Å². The number of rotatable bonds is 15. The first-order chi connectivity index (χ1) is 21.0. The summed E-state index contributed by atoms with van der Waals surface area (Å²) in [4.78, 5) is 55.5. The Morgan fingerprint density at radius 1 is 0.909 bits per heavy atom. The van der Waals surface area contributed by atoms with Crippen LogP contribution in [0.5, 0.6) is 5.75 Å². The van der Waals surface area contributed by atoms with Crippen LogP contribution in [0, 0.1) is 5.92 Å². The molecule has 2 fully saturated rings. The Morgan fingerprint density at radius 3 is 2.07 bits per heavy atom. The first kappa shape index (κ1) is 33.3. The number of amides is 2. The number of hydrogen-bond donors (Lipinski definition) is 2. The summed E-state index contributed by atoms with van der Waals surface area (Å²) in [5, 5.41) is 5.78. The Labute approximate surface area is 259 Å². The molecule has 2 aromatic rings. The maximum absolute atomic E-state index is 13.8. The van der Waals surface area contributed by atoms with Gasteiger partial charge in [-0.3, -0.25) is 24.1 Å². The van der Waals surface area contributed by atoms with Crippen LogP contribution in [0.4, 0.5) is 0 Å². The van der Waals surface area contributed by atoms with Gasteiger partial charge >= 0.3 is 0 Å². The number of Topliss-reactive ketones (excluding diaryl/α,β-unsaturated/α-hetero) is 2. The van der Waals surface area contributed by atoms with Crippen LogP contribution in [0.25, 0.3) is 0 Å². The molecule has 10 nitrogen and oxygen atoms in total. The van der Waals surface area contributed by atoms with Crippen LogP contribution in [0.1, 0.15) is 45.2 Å². The maximum atomic E-state index is 13.8. The van der Waals surface area contributed by atoms with Crippen molar-refractivity contribution in [3.8, 4) is 5.75 Å². The molecule has 44 heavy (non-hydrogen) atoms. The molecule has 2 saturated heterocycles. The number of epoxide rings is 1. The van der Waals surface area contributed by atoms with Crippen LogP contribution in [0.3, 0.4) is 0 Å². The van der Waals surface area contributed by atoms with Crippen molar-refractivity contribution in [3.63, 3.8) is 0 Å². The van der Waals surface area contributed by atoms with Gasteiger partial charge in [-0.15, -0.1) is 0 Å². The van der Waals surface area contributed by atoms with Crippen molar-refractivity contribution in [3.05, 3.63) is 65.7 Å². The van der Waals surface area contributed by atoms with Crippen molar-refractivity contribution in [1.29, 1.82) is 0 Å². The van der Waals surface area contributed by atoms with Crippen molar-refractivity contribution in [2.24, 2.45) is 5.92 Å². The number of ketones is 2. The van der Waals surface area contributed by atoms with Gasteiger partial charge in [0, 0.05) is 31.8 Å². The lowest BCUT2D eigenvalue weighted by Gasteiger charge is -2.34. The minimum atomic E-state index is -0.978. The van der Waals surface area contributed by atoms with E-state index in [1.54, 1.807) is 33.1 Å². The molecule has 0 radical (unpaired) electrons. The minimum absolute atomic E-state index is 0.0381. The number of benzene rings is 2. The first-order valence-electron chi connectivity index (χ1n) is 15.3. The number of carbonyl (C=O) groups is 4. The van der Waals surface area contributed by atoms with E-state index < -0.39 is 35.4 Å².